The molecule has 0 aliphatic carbocycles. The van der Waals surface area contributed by atoms with Gasteiger partial charge in [-0.2, -0.15) is 5.10 Å². The largest absolute Gasteiger partial charge is 0.435 e. The number of esters is 1. The molecule has 0 aliphatic rings. The molecule has 0 amide bonds. The van der Waals surface area contributed by atoms with E-state index in [0.29, 0.717) is 33.6 Å². The number of hydrogen-bond donors (Lipinski definition) is 2. The van der Waals surface area contributed by atoms with Crippen LogP contribution in [0.2, 0.25) is 10.0 Å². The molecule has 3 aromatic rings. The maximum atomic E-state index is 12.2. The van der Waals surface area contributed by atoms with Gasteiger partial charge in [0.25, 0.3) is 0 Å². The van der Waals surface area contributed by atoms with Gasteiger partial charge in [0.2, 0.25) is 0 Å². The van der Waals surface area contributed by atoms with E-state index in [4.69, 9.17) is 32.7 Å². The van der Waals surface area contributed by atoms with Gasteiger partial charge in [0.1, 0.15) is 0 Å². The predicted molar refractivity (Wildman–Crippen MR) is 111 cm³/mol. The first-order chi connectivity index (χ1) is 13.5. The highest BCUT2D eigenvalue weighted by atomic mass is 35.5. The fraction of sp³-hybridized carbons (Fsp3) is 0.200. The number of hydrogen-bond acceptors (Lipinski definition) is 5. The average molecular weight is 422 g/mol. The highest BCUT2D eigenvalue weighted by Crippen LogP contribution is 2.36. The molecule has 148 valence electrons. The lowest BCUT2D eigenvalue weighted by molar-refractivity contribution is -0.0273. The minimum absolute atomic E-state index is 0.0877. The number of nitrogens with one attached hydrogen (secondary N) is 2. The number of H-pyrrole nitrogens is 1. The van der Waals surface area contributed by atoms with Gasteiger partial charge in [0.15, 0.2) is 6.79 Å². The van der Waals surface area contributed by atoms with Crippen molar-refractivity contribution in [3.8, 4) is 0 Å². The van der Waals surface area contributed by atoms with E-state index in [9.17, 15) is 4.79 Å². The summed E-state index contributed by atoms with van der Waals surface area (Å²) in [5.74, 6) is -0.485. The number of aromatic nitrogens is 2. The number of aryl methyl sites for hydroxylation is 1. The van der Waals surface area contributed by atoms with Gasteiger partial charge in [-0.05, 0) is 43.7 Å². The van der Waals surface area contributed by atoms with Gasteiger partial charge in [0, 0.05) is 19.0 Å². The van der Waals surface area contributed by atoms with Crippen molar-refractivity contribution < 1.29 is 14.3 Å². The Morgan fingerprint density at radius 1 is 1.18 bits per heavy atom. The van der Waals surface area contributed by atoms with Crippen LogP contribution in [-0.4, -0.2) is 29.6 Å². The zero-order valence-electron chi connectivity index (χ0n) is 15.5. The van der Waals surface area contributed by atoms with Crippen molar-refractivity contribution in [2.75, 3.05) is 18.7 Å². The average Bonchev–Trinajstić information content (AvgIpc) is 3.29. The molecule has 0 bridgehead atoms. The first-order valence-corrected chi connectivity index (χ1v) is 9.29. The van der Waals surface area contributed by atoms with E-state index in [1.54, 1.807) is 42.7 Å². The number of para-hydroxylation sites is 1. The molecule has 1 heterocycles. The fourth-order valence-electron chi connectivity index (χ4n) is 2.15. The molecule has 8 heteroatoms. The summed E-state index contributed by atoms with van der Waals surface area (Å²) in [6, 6.07) is 12.4. The topological polar surface area (TPSA) is 76.2 Å². The van der Waals surface area contributed by atoms with E-state index in [2.05, 4.69) is 15.5 Å². The van der Waals surface area contributed by atoms with Crippen LogP contribution in [0.4, 0.5) is 11.4 Å². The van der Waals surface area contributed by atoms with Gasteiger partial charge < -0.3 is 14.8 Å². The smallest absolute Gasteiger partial charge is 0.342 e. The fourth-order valence-corrected chi connectivity index (χ4v) is 2.61. The first kappa shape index (κ1) is 21.8. The van der Waals surface area contributed by atoms with Gasteiger partial charge in [-0.25, -0.2) is 4.79 Å². The third kappa shape index (κ3) is 6.27. The lowest BCUT2D eigenvalue weighted by atomic mass is 10.1. The number of aromatic amines is 1. The Labute approximate surface area is 173 Å². The van der Waals surface area contributed by atoms with Gasteiger partial charge in [-0.1, -0.05) is 41.4 Å². The summed E-state index contributed by atoms with van der Waals surface area (Å²) in [5, 5.41) is 10.3. The lowest BCUT2D eigenvalue weighted by Crippen LogP contribution is -2.11. The molecule has 2 aromatic carbocycles. The number of nitrogens with zero attached hydrogens (tertiary/aromatic N) is 1. The number of rotatable bonds is 6. The van der Waals surface area contributed by atoms with Crippen molar-refractivity contribution >= 4 is 40.5 Å². The van der Waals surface area contributed by atoms with Gasteiger partial charge in [-0.15, -0.1) is 0 Å². The summed E-state index contributed by atoms with van der Waals surface area (Å²) in [6.45, 7) is 4.09. The predicted octanol–water partition coefficient (Wildman–Crippen LogP) is 5.61. The highest BCUT2D eigenvalue weighted by Gasteiger charge is 2.15. The zero-order valence-corrected chi connectivity index (χ0v) is 17.1. The van der Waals surface area contributed by atoms with Gasteiger partial charge in [-0.3, -0.25) is 5.10 Å². The van der Waals surface area contributed by atoms with E-state index >= 15 is 0 Å². The Morgan fingerprint density at radius 3 is 2.61 bits per heavy atom. The molecular weight excluding hydrogens is 401 g/mol. The van der Waals surface area contributed by atoms with E-state index in [1.165, 1.54) is 0 Å². The van der Waals surface area contributed by atoms with Crippen molar-refractivity contribution in [1.82, 2.24) is 10.2 Å². The highest BCUT2D eigenvalue weighted by molar-refractivity contribution is 6.39. The molecular formula is C20H21Cl2N3O3. The second-order valence-electron chi connectivity index (χ2n) is 5.53. The molecule has 2 N–H and O–H groups in total. The number of carbonyl (C=O) groups excluding carboxylic acids is 1. The Bertz CT molecular complexity index is 869. The van der Waals surface area contributed by atoms with E-state index in [1.807, 2.05) is 26.0 Å². The second-order valence-corrected chi connectivity index (χ2v) is 6.32. The molecule has 0 fully saturated rings. The van der Waals surface area contributed by atoms with Crippen LogP contribution in [0.25, 0.3) is 0 Å². The van der Waals surface area contributed by atoms with Crippen LogP contribution in [0.5, 0.6) is 0 Å². The molecule has 0 aliphatic heterocycles. The Morgan fingerprint density at radius 2 is 1.96 bits per heavy atom. The molecule has 6 nitrogen and oxygen atoms in total. The van der Waals surface area contributed by atoms with Crippen molar-refractivity contribution in [3.63, 3.8) is 0 Å². The van der Waals surface area contributed by atoms with Gasteiger partial charge in [0.05, 0.1) is 27.0 Å². The summed E-state index contributed by atoms with van der Waals surface area (Å²) in [5.41, 5.74) is 2.37. The van der Waals surface area contributed by atoms with Crippen LogP contribution in [0.3, 0.4) is 0 Å². The number of halogens is 2. The summed E-state index contributed by atoms with van der Waals surface area (Å²) in [4.78, 5) is 12.2. The maximum absolute atomic E-state index is 12.2. The Hall–Kier alpha value is -2.54. The van der Waals surface area contributed by atoms with Crippen molar-refractivity contribution in [2.45, 2.75) is 13.8 Å². The monoisotopic (exact) mass is 421 g/mol. The lowest BCUT2D eigenvalue weighted by Gasteiger charge is -2.15. The van der Waals surface area contributed by atoms with Crippen LogP contribution >= 0.6 is 23.2 Å². The molecule has 1 aromatic heterocycles. The number of benzene rings is 2. The first-order valence-electron chi connectivity index (χ1n) is 8.53. The maximum Gasteiger partial charge on any atom is 0.342 e. The molecule has 0 spiro atoms. The van der Waals surface area contributed by atoms with E-state index in [-0.39, 0.29) is 6.79 Å². The van der Waals surface area contributed by atoms with Crippen molar-refractivity contribution in [3.05, 3.63) is 76.0 Å². The number of ether oxygens (including phenoxy) is 2. The number of carbonyl (C=O) groups is 1. The summed E-state index contributed by atoms with van der Waals surface area (Å²) in [7, 11) is 0. The molecule has 0 saturated heterocycles. The molecule has 3 rings (SSSR count). The van der Waals surface area contributed by atoms with Crippen LogP contribution in [0, 0.1) is 6.92 Å². The van der Waals surface area contributed by atoms with E-state index in [0.717, 1.165) is 5.56 Å². The molecule has 0 unspecified atom stereocenters. The quantitative estimate of drug-likeness (QED) is 0.307. The summed E-state index contributed by atoms with van der Waals surface area (Å²) in [6.07, 6.45) is 3.46. The van der Waals surface area contributed by atoms with Crippen molar-refractivity contribution in [1.29, 1.82) is 0 Å². The van der Waals surface area contributed by atoms with Crippen LogP contribution in [0.1, 0.15) is 22.8 Å². The zero-order chi connectivity index (χ0) is 20.4. The minimum atomic E-state index is -0.485. The molecule has 28 heavy (non-hydrogen) atoms. The standard InChI is InChI=1S/C17H17Cl2NO3.C3H4N2/c1-3-22-10-23-17(21)12-6-4-5-7-14(12)20-16-13(18)9-8-11(2)15(16)19;1-2-4-5-3-1/h4-9,20H,3,10H2,1-2H3;1-3H,(H,4,5). The van der Waals surface area contributed by atoms with Crippen molar-refractivity contribution in [2.24, 2.45) is 0 Å². The summed E-state index contributed by atoms with van der Waals surface area (Å²) >= 11 is 12.5. The van der Waals surface area contributed by atoms with E-state index < -0.39 is 5.97 Å². The molecule has 0 atom stereocenters. The molecule has 0 saturated carbocycles. The number of anilines is 2. The minimum Gasteiger partial charge on any atom is -0.435 e. The van der Waals surface area contributed by atoms with Crippen LogP contribution < -0.4 is 5.32 Å². The van der Waals surface area contributed by atoms with Crippen LogP contribution in [-0.2, 0) is 9.47 Å². The van der Waals surface area contributed by atoms with Gasteiger partial charge >= 0.3 is 5.97 Å². The third-order valence-electron chi connectivity index (χ3n) is 3.57. The SMILES string of the molecule is CCOCOC(=O)c1ccccc1Nc1c(Cl)ccc(C)c1Cl.c1cn[nH]c1. The molecule has 0 radical (unpaired) electrons. The third-order valence-corrected chi connectivity index (χ3v) is 4.38. The Kier molecular flexibility index (Phi) is 8.81. The van der Waals surface area contributed by atoms with Crippen LogP contribution in [0.15, 0.2) is 54.9 Å². The summed E-state index contributed by atoms with van der Waals surface area (Å²) < 4.78 is 10.1. The Balaban J connectivity index is 0.000000485. The normalized spacial score (nSPS) is 10.0. The second kappa shape index (κ2) is 11.3.